The Balaban J connectivity index is 1.91. The standard InChI is InChI=1S/C19H29N3O4/c1-19(2,3)26-18(24)22-9-5-6-13(12-22)11-21-16-8-7-14(10-15(16)20)17(23)25-4/h7-8,10,13,21H,5-6,9,11-12,20H2,1-4H3. The van der Waals surface area contributed by atoms with Crippen LogP contribution in [0.1, 0.15) is 44.0 Å². The van der Waals surface area contributed by atoms with E-state index in [4.69, 9.17) is 15.2 Å². The van der Waals surface area contributed by atoms with E-state index in [0.29, 0.717) is 30.3 Å². The summed E-state index contributed by atoms with van der Waals surface area (Å²) >= 11 is 0. The predicted octanol–water partition coefficient (Wildman–Crippen LogP) is 3.11. The number of likely N-dealkylation sites (tertiary alicyclic amines) is 1. The second-order valence-electron chi connectivity index (χ2n) is 7.61. The van der Waals surface area contributed by atoms with Gasteiger partial charge in [0.1, 0.15) is 5.60 Å². The Kier molecular flexibility index (Phi) is 6.34. The third kappa shape index (κ3) is 5.54. The monoisotopic (exact) mass is 363 g/mol. The molecule has 0 aliphatic carbocycles. The highest BCUT2D eigenvalue weighted by molar-refractivity contribution is 5.91. The minimum Gasteiger partial charge on any atom is -0.465 e. The van der Waals surface area contributed by atoms with Gasteiger partial charge in [-0.15, -0.1) is 0 Å². The van der Waals surface area contributed by atoms with Gasteiger partial charge in [0, 0.05) is 19.6 Å². The molecule has 7 heteroatoms. The smallest absolute Gasteiger partial charge is 0.410 e. The Morgan fingerprint density at radius 2 is 2.08 bits per heavy atom. The van der Waals surface area contributed by atoms with E-state index in [2.05, 4.69) is 5.32 Å². The molecule has 1 unspecified atom stereocenters. The quantitative estimate of drug-likeness (QED) is 0.630. The zero-order chi connectivity index (χ0) is 19.3. The number of nitrogens with zero attached hydrogens (tertiary/aromatic N) is 1. The van der Waals surface area contributed by atoms with E-state index >= 15 is 0 Å². The van der Waals surface area contributed by atoms with E-state index < -0.39 is 11.6 Å². The van der Waals surface area contributed by atoms with Gasteiger partial charge in [0.25, 0.3) is 0 Å². The van der Waals surface area contributed by atoms with Crippen molar-refractivity contribution in [3.8, 4) is 0 Å². The first-order valence-electron chi connectivity index (χ1n) is 8.89. The van der Waals surface area contributed by atoms with E-state index in [-0.39, 0.29) is 6.09 Å². The molecule has 0 saturated carbocycles. The topological polar surface area (TPSA) is 93.9 Å². The molecular weight excluding hydrogens is 334 g/mol. The van der Waals surface area contributed by atoms with Crippen LogP contribution in [0.5, 0.6) is 0 Å². The van der Waals surface area contributed by atoms with Crippen molar-refractivity contribution in [2.45, 2.75) is 39.2 Å². The highest BCUT2D eigenvalue weighted by atomic mass is 16.6. The lowest BCUT2D eigenvalue weighted by Gasteiger charge is -2.34. The van der Waals surface area contributed by atoms with Crippen molar-refractivity contribution in [3.05, 3.63) is 23.8 Å². The number of carbonyl (C=O) groups is 2. The maximum absolute atomic E-state index is 12.2. The summed E-state index contributed by atoms with van der Waals surface area (Å²) in [4.78, 5) is 25.5. The van der Waals surface area contributed by atoms with Crippen LogP contribution in [0.15, 0.2) is 18.2 Å². The highest BCUT2D eigenvalue weighted by Gasteiger charge is 2.27. The number of methoxy groups -OCH3 is 1. The van der Waals surface area contributed by atoms with Crippen LogP contribution >= 0.6 is 0 Å². The molecule has 1 aromatic rings. The molecule has 1 amide bonds. The van der Waals surface area contributed by atoms with Crippen molar-refractivity contribution in [1.82, 2.24) is 4.90 Å². The molecule has 144 valence electrons. The van der Waals surface area contributed by atoms with Gasteiger partial charge in [0.2, 0.25) is 0 Å². The summed E-state index contributed by atoms with van der Waals surface area (Å²) in [5.74, 6) is -0.0977. The number of ether oxygens (including phenoxy) is 2. The van der Waals surface area contributed by atoms with E-state index in [1.54, 1.807) is 23.1 Å². The lowest BCUT2D eigenvalue weighted by molar-refractivity contribution is 0.0172. The maximum Gasteiger partial charge on any atom is 0.410 e. The average molecular weight is 363 g/mol. The highest BCUT2D eigenvalue weighted by Crippen LogP contribution is 2.23. The summed E-state index contributed by atoms with van der Waals surface area (Å²) < 4.78 is 10.1. The van der Waals surface area contributed by atoms with Crippen LogP contribution in [0.2, 0.25) is 0 Å². The number of hydrogen-bond acceptors (Lipinski definition) is 6. The first-order chi connectivity index (χ1) is 12.2. The second-order valence-corrected chi connectivity index (χ2v) is 7.61. The van der Waals surface area contributed by atoms with E-state index in [9.17, 15) is 9.59 Å². The first kappa shape index (κ1) is 19.9. The fourth-order valence-electron chi connectivity index (χ4n) is 2.95. The Hall–Kier alpha value is -2.44. The fourth-order valence-corrected chi connectivity index (χ4v) is 2.95. The Morgan fingerprint density at radius 1 is 1.35 bits per heavy atom. The van der Waals surface area contributed by atoms with Gasteiger partial charge < -0.3 is 25.4 Å². The Labute approximate surface area is 154 Å². The summed E-state index contributed by atoms with van der Waals surface area (Å²) in [5, 5.41) is 3.32. The number of hydrogen-bond donors (Lipinski definition) is 2. The van der Waals surface area contributed by atoms with Crippen LogP contribution in [-0.4, -0.2) is 49.3 Å². The number of amides is 1. The SMILES string of the molecule is COC(=O)c1ccc(NCC2CCCN(C(=O)OC(C)(C)C)C2)c(N)c1. The number of nitrogens with one attached hydrogen (secondary N) is 1. The number of benzene rings is 1. The van der Waals surface area contributed by atoms with Crippen LogP contribution in [0.25, 0.3) is 0 Å². The zero-order valence-electron chi connectivity index (χ0n) is 16.0. The lowest BCUT2D eigenvalue weighted by atomic mass is 9.98. The average Bonchev–Trinajstić information content (AvgIpc) is 2.58. The Morgan fingerprint density at radius 3 is 2.69 bits per heavy atom. The van der Waals surface area contributed by atoms with Gasteiger partial charge in [-0.3, -0.25) is 0 Å². The minimum atomic E-state index is -0.488. The van der Waals surface area contributed by atoms with Gasteiger partial charge in [-0.25, -0.2) is 9.59 Å². The molecule has 1 fully saturated rings. The lowest BCUT2D eigenvalue weighted by Crippen LogP contribution is -2.44. The summed E-state index contributed by atoms with van der Waals surface area (Å²) in [5.41, 5.74) is 7.22. The molecular formula is C19H29N3O4. The van der Waals surface area contributed by atoms with Crippen molar-refractivity contribution in [2.24, 2.45) is 5.92 Å². The van der Waals surface area contributed by atoms with Crippen molar-refractivity contribution in [3.63, 3.8) is 0 Å². The normalized spacial score (nSPS) is 17.5. The molecule has 26 heavy (non-hydrogen) atoms. The largest absolute Gasteiger partial charge is 0.465 e. The number of anilines is 2. The molecule has 1 saturated heterocycles. The van der Waals surface area contributed by atoms with Crippen LogP contribution in [0.3, 0.4) is 0 Å². The van der Waals surface area contributed by atoms with Gasteiger partial charge in [0.15, 0.2) is 0 Å². The van der Waals surface area contributed by atoms with Crippen molar-refractivity contribution in [1.29, 1.82) is 0 Å². The van der Waals surface area contributed by atoms with Crippen molar-refractivity contribution in [2.75, 3.05) is 37.8 Å². The molecule has 0 radical (unpaired) electrons. The van der Waals surface area contributed by atoms with Crippen LogP contribution in [-0.2, 0) is 9.47 Å². The number of carbonyl (C=O) groups excluding carboxylic acids is 2. The molecule has 0 bridgehead atoms. The molecule has 1 aliphatic rings. The molecule has 0 spiro atoms. The van der Waals surface area contributed by atoms with Gasteiger partial charge in [-0.2, -0.15) is 0 Å². The van der Waals surface area contributed by atoms with Crippen molar-refractivity contribution < 1.29 is 19.1 Å². The molecule has 1 atom stereocenters. The third-order valence-corrected chi connectivity index (χ3v) is 4.22. The molecule has 1 heterocycles. The second kappa shape index (κ2) is 8.29. The molecule has 1 aliphatic heterocycles. The van der Waals surface area contributed by atoms with Crippen LogP contribution < -0.4 is 11.1 Å². The number of rotatable bonds is 4. The molecule has 7 nitrogen and oxygen atoms in total. The molecule has 2 rings (SSSR count). The van der Waals surface area contributed by atoms with E-state index in [0.717, 1.165) is 25.1 Å². The maximum atomic E-state index is 12.2. The summed E-state index contributed by atoms with van der Waals surface area (Å²) in [6.45, 7) is 7.68. The van der Waals surface area contributed by atoms with Crippen molar-refractivity contribution >= 4 is 23.4 Å². The third-order valence-electron chi connectivity index (χ3n) is 4.22. The van der Waals surface area contributed by atoms with E-state index in [1.807, 2.05) is 20.8 Å². The fraction of sp³-hybridized carbons (Fsp3) is 0.579. The van der Waals surface area contributed by atoms with Gasteiger partial charge >= 0.3 is 12.1 Å². The predicted molar refractivity (Wildman–Crippen MR) is 101 cm³/mol. The number of nitrogens with two attached hydrogens (primary N) is 1. The van der Waals surface area contributed by atoms with Crippen LogP contribution in [0, 0.1) is 5.92 Å². The van der Waals surface area contributed by atoms with E-state index in [1.165, 1.54) is 7.11 Å². The Bertz CT molecular complexity index is 655. The van der Waals surface area contributed by atoms with Crippen LogP contribution in [0.4, 0.5) is 16.2 Å². The molecule has 1 aromatic carbocycles. The summed E-state index contributed by atoms with van der Waals surface area (Å²) in [7, 11) is 1.34. The molecule has 0 aromatic heterocycles. The zero-order valence-corrected chi connectivity index (χ0v) is 16.0. The number of piperidine rings is 1. The number of nitrogen functional groups attached to an aromatic ring is 1. The van der Waals surface area contributed by atoms with Gasteiger partial charge in [-0.05, 0) is 57.7 Å². The summed E-state index contributed by atoms with van der Waals surface area (Å²) in [6, 6.07) is 5.05. The minimum absolute atomic E-state index is 0.260. The summed E-state index contributed by atoms with van der Waals surface area (Å²) in [6.07, 6.45) is 1.72. The number of esters is 1. The molecule has 3 N–H and O–H groups in total. The first-order valence-corrected chi connectivity index (χ1v) is 8.89. The van der Waals surface area contributed by atoms with Gasteiger partial charge in [0.05, 0.1) is 24.0 Å². The van der Waals surface area contributed by atoms with Gasteiger partial charge in [-0.1, -0.05) is 0 Å².